The zero-order valence-electron chi connectivity index (χ0n) is 32.7. The topological polar surface area (TPSA) is 24.9 Å². The summed E-state index contributed by atoms with van der Waals surface area (Å²) in [5.41, 5.74) is 15.3. The highest BCUT2D eigenvalue weighted by Crippen LogP contribution is 2.53. The summed E-state index contributed by atoms with van der Waals surface area (Å²) in [6, 6.07) is 71.8. The predicted octanol–water partition coefficient (Wildman–Crippen LogP) is 13.6. The van der Waals surface area contributed by atoms with E-state index in [4.69, 9.17) is 9.47 Å². The molecule has 0 N–H and O–H groups in total. The number of nitrogens with zero attached hydrogens (tertiary/aromatic N) is 2. The third kappa shape index (κ3) is 5.44. The quantitative estimate of drug-likeness (QED) is 0.164. The molecule has 0 bridgehead atoms. The lowest BCUT2D eigenvalue weighted by molar-refractivity contribution is 0.477. The molecule has 4 heterocycles. The smallest absolute Gasteiger partial charge is 0.247 e. The van der Waals surface area contributed by atoms with Crippen molar-refractivity contribution in [3.8, 4) is 45.3 Å². The van der Waals surface area contributed by atoms with E-state index in [-0.39, 0.29) is 6.71 Å². The Morgan fingerprint density at radius 3 is 1.10 bits per heavy atom. The van der Waals surface area contributed by atoms with Crippen LogP contribution >= 0.6 is 23.5 Å². The molecule has 61 heavy (non-hydrogen) atoms. The number of benzene rings is 9. The van der Waals surface area contributed by atoms with E-state index in [0.717, 1.165) is 57.1 Å². The molecule has 0 spiro atoms. The lowest BCUT2D eigenvalue weighted by Gasteiger charge is -2.35. The molecule has 4 nitrogen and oxygen atoms in total. The number of rotatable bonds is 4. The number of hydrogen-bond acceptors (Lipinski definition) is 6. The Labute approximate surface area is 363 Å². The van der Waals surface area contributed by atoms with Crippen LogP contribution in [0.25, 0.3) is 22.3 Å². The predicted molar refractivity (Wildman–Crippen MR) is 253 cm³/mol. The van der Waals surface area contributed by atoms with E-state index >= 15 is 0 Å². The van der Waals surface area contributed by atoms with Crippen molar-refractivity contribution >= 4 is 80.7 Å². The Bertz CT molecular complexity index is 2940. The normalized spacial score (nSPS) is 13.6. The minimum absolute atomic E-state index is 0.125. The first-order valence-electron chi connectivity index (χ1n) is 20.5. The lowest BCUT2D eigenvalue weighted by Crippen LogP contribution is -2.58. The van der Waals surface area contributed by atoms with E-state index in [0.29, 0.717) is 0 Å². The van der Waals surface area contributed by atoms with Crippen LogP contribution in [-0.4, -0.2) is 6.71 Å². The number of para-hydroxylation sites is 8. The fraction of sp³-hybridized carbons (Fsp3) is 0. The lowest BCUT2D eigenvalue weighted by atomic mass is 9.36. The van der Waals surface area contributed by atoms with Gasteiger partial charge in [-0.25, -0.2) is 0 Å². The van der Waals surface area contributed by atoms with Gasteiger partial charge in [0.1, 0.15) is 0 Å². The van der Waals surface area contributed by atoms with Gasteiger partial charge < -0.3 is 19.3 Å². The average molecular weight is 817 g/mol. The van der Waals surface area contributed by atoms with Crippen molar-refractivity contribution in [1.82, 2.24) is 0 Å². The van der Waals surface area contributed by atoms with Gasteiger partial charge in [0.25, 0.3) is 0 Å². The molecule has 286 valence electrons. The number of hydrogen-bond donors (Lipinski definition) is 0. The van der Waals surface area contributed by atoms with Gasteiger partial charge in [-0.3, -0.25) is 0 Å². The molecule has 4 aliphatic rings. The van der Waals surface area contributed by atoms with Crippen LogP contribution in [0.3, 0.4) is 0 Å². The molecule has 0 aromatic heterocycles. The Morgan fingerprint density at radius 2 is 0.705 bits per heavy atom. The zero-order valence-corrected chi connectivity index (χ0v) is 34.3. The summed E-state index contributed by atoms with van der Waals surface area (Å²) in [7, 11) is 0. The maximum atomic E-state index is 6.35. The van der Waals surface area contributed by atoms with E-state index < -0.39 is 0 Å². The third-order valence-corrected chi connectivity index (χ3v) is 14.6. The molecule has 0 aliphatic carbocycles. The van der Waals surface area contributed by atoms with Gasteiger partial charge in [-0.1, -0.05) is 144 Å². The Morgan fingerprint density at radius 1 is 0.361 bits per heavy atom. The largest absolute Gasteiger partial charge is 0.453 e. The first kappa shape index (κ1) is 34.8. The average Bonchev–Trinajstić information content (AvgIpc) is 3.32. The summed E-state index contributed by atoms with van der Waals surface area (Å²) in [6.45, 7) is 0.125. The number of ether oxygens (including phenoxy) is 2. The van der Waals surface area contributed by atoms with Gasteiger partial charge in [-0.15, -0.1) is 0 Å². The molecule has 0 unspecified atom stereocenters. The summed E-state index contributed by atoms with van der Waals surface area (Å²) in [5.74, 6) is 3.39. The van der Waals surface area contributed by atoms with Crippen LogP contribution in [0.5, 0.6) is 23.0 Å². The Balaban J connectivity index is 0.983. The molecule has 4 aliphatic heterocycles. The van der Waals surface area contributed by atoms with Crippen molar-refractivity contribution in [2.24, 2.45) is 0 Å². The maximum Gasteiger partial charge on any atom is 0.247 e. The second kappa shape index (κ2) is 13.7. The van der Waals surface area contributed by atoms with E-state index in [1.807, 2.05) is 72.1 Å². The number of fused-ring (bicyclic) bond motifs is 8. The van der Waals surface area contributed by atoms with Crippen molar-refractivity contribution < 1.29 is 9.47 Å². The minimum Gasteiger partial charge on any atom is -0.453 e. The van der Waals surface area contributed by atoms with E-state index in [1.165, 1.54) is 58.2 Å². The van der Waals surface area contributed by atoms with E-state index in [9.17, 15) is 0 Å². The SMILES string of the molecule is c1ccc2c(c1)Oc1ccccc1N2c1ccc(-c2cc(-c3ccc(N4c5ccccc5Oc5ccccc54)cc3)c3c4c2Sc2ccccc2B4c2ccccc2S3)cc1. The molecule has 0 radical (unpaired) electrons. The van der Waals surface area contributed by atoms with Crippen LogP contribution in [0.15, 0.2) is 220 Å². The molecule has 0 amide bonds. The third-order valence-electron chi connectivity index (χ3n) is 12.2. The van der Waals surface area contributed by atoms with Gasteiger partial charge in [-0.05, 0) is 119 Å². The first-order valence-corrected chi connectivity index (χ1v) is 22.2. The first-order chi connectivity index (χ1) is 30.2. The second-order valence-electron chi connectivity index (χ2n) is 15.6. The molecule has 13 rings (SSSR count). The molecule has 9 aromatic rings. The van der Waals surface area contributed by atoms with Crippen molar-refractivity contribution in [2.75, 3.05) is 9.80 Å². The van der Waals surface area contributed by atoms with Crippen molar-refractivity contribution in [1.29, 1.82) is 0 Å². The van der Waals surface area contributed by atoms with Crippen LogP contribution in [0.2, 0.25) is 0 Å². The summed E-state index contributed by atoms with van der Waals surface area (Å²) in [5, 5.41) is 0. The summed E-state index contributed by atoms with van der Waals surface area (Å²) in [6.07, 6.45) is 0. The van der Waals surface area contributed by atoms with Gasteiger partial charge in [0.15, 0.2) is 23.0 Å². The highest BCUT2D eigenvalue weighted by Gasteiger charge is 2.40. The van der Waals surface area contributed by atoms with Gasteiger partial charge in [0.2, 0.25) is 6.71 Å². The molecule has 0 saturated carbocycles. The Hall–Kier alpha value is -7.06. The minimum atomic E-state index is 0.125. The van der Waals surface area contributed by atoms with Gasteiger partial charge >= 0.3 is 0 Å². The fourth-order valence-electron chi connectivity index (χ4n) is 9.45. The second-order valence-corrected chi connectivity index (χ2v) is 17.7. The van der Waals surface area contributed by atoms with Gasteiger partial charge in [0, 0.05) is 31.0 Å². The maximum absolute atomic E-state index is 6.35. The molecular formula is C54H33BN2O2S2. The van der Waals surface area contributed by atoms with Gasteiger partial charge in [-0.2, -0.15) is 0 Å². The van der Waals surface area contributed by atoms with E-state index in [1.54, 1.807) is 0 Å². The molecule has 0 saturated heterocycles. The van der Waals surface area contributed by atoms with Crippen LogP contribution in [0.1, 0.15) is 0 Å². The van der Waals surface area contributed by atoms with Crippen molar-refractivity contribution in [3.63, 3.8) is 0 Å². The molecular weight excluding hydrogens is 784 g/mol. The van der Waals surface area contributed by atoms with Crippen LogP contribution in [0.4, 0.5) is 34.1 Å². The Kier molecular flexibility index (Phi) is 7.84. The molecule has 0 fully saturated rings. The molecule has 0 atom stereocenters. The van der Waals surface area contributed by atoms with Crippen molar-refractivity contribution in [3.05, 3.63) is 200 Å². The van der Waals surface area contributed by atoms with Crippen LogP contribution in [0, 0.1) is 0 Å². The van der Waals surface area contributed by atoms with Crippen LogP contribution < -0.4 is 35.7 Å². The van der Waals surface area contributed by atoms with Crippen LogP contribution in [-0.2, 0) is 0 Å². The monoisotopic (exact) mass is 816 g/mol. The molecule has 7 heteroatoms. The fourth-order valence-corrected chi connectivity index (χ4v) is 12.1. The van der Waals surface area contributed by atoms with Gasteiger partial charge in [0.05, 0.1) is 22.7 Å². The zero-order chi connectivity index (χ0) is 40.0. The highest BCUT2D eigenvalue weighted by molar-refractivity contribution is 8.01. The summed E-state index contributed by atoms with van der Waals surface area (Å²) < 4.78 is 12.7. The van der Waals surface area contributed by atoms with E-state index in [2.05, 4.69) is 161 Å². The summed E-state index contributed by atoms with van der Waals surface area (Å²) >= 11 is 3.83. The highest BCUT2D eigenvalue weighted by atomic mass is 32.2. The number of anilines is 6. The summed E-state index contributed by atoms with van der Waals surface area (Å²) in [4.78, 5) is 9.91. The standard InChI is InChI=1S/C54H33BN2O2S2/c1-11-23-50-40(13-1)55-41-14-2-12-24-51(41)61-54-39(35-27-31-37(32-28-35)57-44-17-5-9-21-48(44)59-49-22-10-6-18-45(49)57)33-38(53(60-50)52(54)55)34-25-29-36(30-26-34)56-42-15-3-7-19-46(42)58-47-20-8-4-16-43(47)56/h1-33H. The molecule has 9 aromatic carbocycles. The van der Waals surface area contributed by atoms with Crippen molar-refractivity contribution in [2.45, 2.75) is 19.6 Å².